The predicted octanol–water partition coefficient (Wildman–Crippen LogP) is 4.24. The Labute approximate surface area is 91.8 Å². The summed E-state index contributed by atoms with van der Waals surface area (Å²) in [5.41, 5.74) is -5.16. The predicted molar refractivity (Wildman–Crippen MR) is 44.9 cm³/mol. The van der Waals surface area contributed by atoms with Gasteiger partial charge in [-0.25, -0.2) is 13.2 Å². The van der Waals surface area contributed by atoms with Crippen LogP contribution in [0, 0.1) is 0 Å². The molecule has 0 nitrogen and oxygen atoms in total. The van der Waals surface area contributed by atoms with Crippen LogP contribution in [0.5, 0.6) is 0 Å². The number of rotatable bonds is 1. The van der Waals surface area contributed by atoms with Crippen molar-refractivity contribution < 1.29 is 30.7 Å². The lowest BCUT2D eigenvalue weighted by molar-refractivity contribution is -0.226. The fourth-order valence-electron chi connectivity index (χ4n) is 2.11. The van der Waals surface area contributed by atoms with Gasteiger partial charge in [-0.05, 0) is 24.8 Å². The van der Waals surface area contributed by atoms with Gasteiger partial charge in [0.1, 0.15) is 0 Å². The fraction of sp³-hybridized carbons (Fsp3) is 0.600. The van der Waals surface area contributed by atoms with Crippen molar-refractivity contribution in [2.75, 3.05) is 0 Å². The standard InChI is InChI=1S/C10H7F7/c11-6-7(12)9(14,15)10(16,17)8(6,13)5-3-1-2-4-5/h3H,1-2,4H2. The second-order valence-corrected chi connectivity index (χ2v) is 4.06. The zero-order chi connectivity index (χ0) is 13.1. The maximum atomic E-state index is 14.0. The smallest absolute Gasteiger partial charge is 0.224 e. The molecule has 0 aliphatic heterocycles. The average molecular weight is 260 g/mol. The summed E-state index contributed by atoms with van der Waals surface area (Å²) in [6.07, 6.45) is 1.06. The molecule has 1 unspecified atom stereocenters. The topological polar surface area (TPSA) is 0 Å². The van der Waals surface area contributed by atoms with E-state index >= 15 is 0 Å². The molecule has 2 rings (SSSR count). The third kappa shape index (κ3) is 1.20. The van der Waals surface area contributed by atoms with Crippen molar-refractivity contribution >= 4 is 0 Å². The monoisotopic (exact) mass is 260 g/mol. The molecule has 96 valence electrons. The summed E-state index contributed by atoms with van der Waals surface area (Å²) in [7, 11) is 0. The average Bonchev–Trinajstić information content (AvgIpc) is 2.80. The first-order valence-corrected chi connectivity index (χ1v) is 4.87. The lowest BCUT2D eigenvalue weighted by Crippen LogP contribution is -2.52. The van der Waals surface area contributed by atoms with Gasteiger partial charge in [0.2, 0.25) is 5.83 Å². The fourth-order valence-corrected chi connectivity index (χ4v) is 2.11. The highest BCUT2D eigenvalue weighted by atomic mass is 19.3. The zero-order valence-corrected chi connectivity index (χ0v) is 8.34. The first-order valence-electron chi connectivity index (χ1n) is 4.87. The Kier molecular flexibility index (Phi) is 2.39. The molecule has 0 bridgehead atoms. The first kappa shape index (κ1) is 12.4. The Morgan fingerprint density at radius 2 is 1.53 bits per heavy atom. The Bertz CT molecular complexity index is 420. The van der Waals surface area contributed by atoms with E-state index in [-0.39, 0.29) is 19.3 Å². The van der Waals surface area contributed by atoms with Gasteiger partial charge in [-0.15, -0.1) is 0 Å². The Hall–Kier alpha value is -1.01. The molecule has 0 amide bonds. The molecule has 0 aromatic heterocycles. The molecule has 1 atom stereocenters. The van der Waals surface area contributed by atoms with Crippen molar-refractivity contribution in [3.8, 4) is 0 Å². The van der Waals surface area contributed by atoms with Gasteiger partial charge in [0.25, 0.3) is 5.67 Å². The van der Waals surface area contributed by atoms with Crippen LogP contribution in [0.3, 0.4) is 0 Å². The third-order valence-electron chi connectivity index (χ3n) is 3.08. The van der Waals surface area contributed by atoms with Gasteiger partial charge in [-0.2, -0.15) is 17.6 Å². The highest BCUT2D eigenvalue weighted by Crippen LogP contribution is 2.62. The van der Waals surface area contributed by atoms with Gasteiger partial charge < -0.3 is 0 Å². The molecule has 0 fully saturated rings. The van der Waals surface area contributed by atoms with Crippen LogP contribution in [0.25, 0.3) is 0 Å². The van der Waals surface area contributed by atoms with Crippen LogP contribution in [-0.2, 0) is 0 Å². The lowest BCUT2D eigenvalue weighted by atomic mass is 9.89. The van der Waals surface area contributed by atoms with Gasteiger partial charge in [0.05, 0.1) is 0 Å². The summed E-state index contributed by atoms with van der Waals surface area (Å²) in [5, 5.41) is 0. The van der Waals surface area contributed by atoms with Gasteiger partial charge in [-0.1, -0.05) is 6.08 Å². The van der Waals surface area contributed by atoms with Crippen molar-refractivity contribution in [1.29, 1.82) is 0 Å². The van der Waals surface area contributed by atoms with Crippen molar-refractivity contribution in [3.05, 3.63) is 23.3 Å². The molecule has 17 heavy (non-hydrogen) atoms. The van der Waals surface area contributed by atoms with E-state index in [1.54, 1.807) is 0 Å². The molecule has 0 N–H and O–H groups in total. The Morgan fingerprint density at radius 3 is 1.88 bits per heavy atom. The van der Waals surface area contributed by atoms with E-state index in [0.29, 0.717) is 0 Å². The molecule has 0 heterocycles. The lowest BCUT2D eigenvalue weighted by Gasteiger charge is -2.30. The van der Waals surface area contributed by atoms with Gasteiger partial charge in [0.15, 0.2) is 5.83 Å². The molecule has 0 aromatic carbocycles. The molecule has 2 aliphatic rings. The minimum atomic E-state index is -5.45. The quantitative estimate of drug-likeness (QED) is 0.488. The van der Waals surface area contributed by atoms with E-state index in [1.807, 2.05) is 0 Å². The SMILES string of the molecule is FC1=C(F)C(F)(C2=CCCC2)C(F)(F)C1(F)F. The van der Waals surface area contributed by atoms with E-state index in [0.717, 1.165) is 6.08 Å². The highest BCUT2D eigenvalue weighted by Gasteiger charge is 2.81. The zero-order valence-electron chi connectivity index (χ0n) is 8.34. The summed E-state index contributed by atoms with van der Waals surface area (Å²) in [6, 6.07) is 0. The molecule has 0 saturated heterocycles. The number of hydrogen-bond acceptors (Lipinski definition) is 0. The molecule has 0 spiro atoms. The van der Waals surface area contributed by atoms with Crippen LogP contribution in [0.2, 0.25) is 0 Å². The highest BCUT2D eigenvalue weighted by molar-refractivity contribution is 5.46. The van der Waals surface area contributed by atoms with Crippen molar-refractivity contribution in [3.63, 3.8) is 0 Å². The summed E-state index contributed by atoms with van der Waals surface area (Å²) in [6.45, 7) is 0. The van der Waals surface area contributed by atoms with E-state index in [4.69, 9.17) is 0 Å². The summed E-state index contributed by atoms with van der Waals surface area (Å²) in [5.74, 6) is -16.6. The van der Waals surface area contributed by atoms with Crippen LogP contribution >= 0.6 is 0 Å². The molecular formula is C10H7F7. The minimum absolute atomic E-state index is 0.178. The molecular weight excluding hydrogens is 253 g/mol. The number of alkyl halides is 5. The van der Waals surface area contributed by atoms with Gasteiger partial charge in [-0.3, -0.25) is 0 Å². The first-order chi connectivity index (χ1) is 7.67. The molecule has 2 aliphatic carbocycles. The largest absolute Gasteiger partial charge is 0.367 e. The maximum absolute atomic E-state index is 14.0. The number of halogens is 7. The van der Waals surface area contributed by atoms with Crippen LogP contribution in [0.1, 0.15) is 19.3 Å². The number of allylic oxidation sites excluding steroid dienone is 4. The molecule has 7 heteroatoms. The van der Waals surface area contributed by atoms with Crippen LogP contribution in [0.15, 0.2) is 23.3 Å². The van der Waals surface area contributed by atoms with E-state index in [9.17, 15) is 30.7 Å². The summed E-state index contributed by atoms with van der Waals surface area (Å²) >= 11 is 0. The second-order valence-electron chi connectivity index (χ2n) is 4.06. The Morgan fingerprint density at radius 1 is 0.941 bits per heavy atom. The van der Waals surface area contributed by atoms with Crippen molar-refractivity contribution in [2.24, 2.45) is 0 Å². The Balaban J connectivity index is 2.62. The van der Waals surface area contributed by atoms with Crippen molar-refractivity contribution in [2.45, 2.75) is 36.8 Å². The summed E-state index contributed by atoms with van der Waals surface area (Å²) < 4.78 is 92.0. The van der Waals surface area contributed by atoms with Gasteiger partial charge in [0, 0.05) is 0 Å². The molecule has 0 radical (unpaired) electrons. The van der Waals surface area contributed by atoms with E-state index < -0.39 is 34.7 Å². The van der Waals surface area contributed by atoms with Crippen LogP contribution in [-0.4, -0.2) is 17.5 Å². The van der Waals surface area contributed by atoms with Crippen molar-refractivity contribution in [1.82, 2.24) is 0 Å². The maximum Gasteiger partial charge on any atom is 0.367 e. The van der Waals surface area contributed by atoms with Crippen LogP contribution < -0.4 is 0 Å². The van der Waals surface area contributed by atoms with Gasteiger partial charge >= 0.3 is 11.8 Å². The third-order valence-corrected chi connectivity index (χ3v) is 3.08. The van der Waals surface area contributed by atoms with E-state index in [1.165, 1.54) is 0 Å². The molecule has 0 saturated carbocycles. The minimum Gasteiger partial charge on any atom is -0.224 e. The van der Waals surface area contributed by atoms with Crippen LogP contribution in [0.4, 0.5) is 30.7 Å². The second kappa shape index (κ2) is 3.26. The van der Waals surface area contributed by atoms with E-state index in [2.05, 4.69) is 0 Å². The summed E-state index contributed by atoms with van der Waals surface area (Å²) in [4.78, 5) is 0. The number of hydrogen-bond donors (Lipinski definition) is 0. The normalized spacial score (nSPS) is 35.4. The molecule has 0 aromatic rings.